The number of aromatic nitrogens is 4. The van der Waals surface area contributed by atoms with Gasteiger partial charge in [0.05, 0.1) is 0 Å². The largest absolute Gasteiger partial charge is 0.351 e. The molecule has 3 aromatic rings. The molecule has 0 saturated heterocycles. The van der Waals surface area contributed by atoms with Crippen LogP contribution in [-0.4, -0.2) is 19.2 Å². The Bertz CT molecular complexity index is 771. The van der Waals surface area contributed by atoms with Crippen molar-refractivity contribution in [2.75, 3.05) is 0 Å². The summed E-state index contributed by atoms with van der Waals surface area (Å²) in [6.07, 6.45) is 0. The Kier molecular flexibility index (Phi) is 2.26. The Morgan fingerprint density at radius 1 is 1.17 bits per heavy atom. The van der Waals surface area contributed by atoms with Crippen LogP contribution in [0.1, 0.15) is 5.69 Å². The summed E-state index contributed by atoms with van der Waals surface area (Å²) >= 11 is 0. The molecule has 0 aliphatic heterocycles. The van der Waals surface area contributed by atoms with E-state index in [1.54, 1.807) is 13.1 Å². The number of nitrogens with zero attached hydrogens (tertiary/aromatic N) is 4. The second-order valence-electron chi connectivity index (χ2n) is 4.19. The minimum atomic E-state index is -0.184. The molecule has 0 spiro atoms. The molecule has 3 rings (SSSR count). The molecular weight excluding hydrogens is 228 g/mol. The van der Waals surface area contributed by atoms with Crippen molar-refractivity contribution < 1.29 is 0 Å². The molecule has 0 saturated carbocycles. The second kappa shape index (κ2) is 3.80. The predicted octanol–water partition coefficient (Wildman–Crippen LogP) is 1.40. The number of rotatable bonds is 1. The maximum atomic E-state index is 12.1. The Morgan fingerprint density at radius 2 is 1.89 bits per heavy atom. The minimum Gasteiger partial charge on any atom is -0.246 e. The van der Waals surface area contributed by atoms with E-state index in [0.717, 1.165) is 11.3 Å². The van der Waals surface area contributed by atoms with Crippen molar-refractivity contribution in [3.8, 4) is 11.4 Å². The van der Waals surface area contributed by atoms with E-state index in [0.29, 0.717) is 11.5 Å². The van der Waals surface area contributed by atoms with E-state index in [1.807, 2.05) is 37.3 Å². The zero-order chi connectivity index (χ0) is 12.7. The first-order valence-corrected chi connectivity index (χ1v) is 5.65. The van der Waals surface area contributed by atoms with Gasteiger partial charge < -0.3 is 0 Å². The normalized spacial score (nSPS) is 11.0. The molecule has 0 aliphatic carbocycles. The summed E-state index contributed by atoms with van der Waals surface area (Å²) in [6.45, 7) is 1.89. The molecule has 2 heterocycles. The summed E-state index contributed by atoms with van der Waals surface area (Å²) in [5.41, 5.74) is 2.18. The number of benzene rings is 1. The molecule has 0 radical (unpaired) electrons. The number of fused-ring (bicyclic) bond motifs is 1. The Morgan fingerprint density at radius 3 is 2.61 bits per heavy atom. The van der Waals surface area contributed by atoms with Crippen LogP contribution in [0.4, 0.5) is 0 Å². The second-order valence-corrected chi connectivity index (χ2v) is 4.19. The summed E-state index contributed by atoms with van der Waals surface area (Å²) in [4.78, 5) is 16.5. The van der Waals surface area contributed by atoms with Crippen LogP contribution in [-0.2, 0) is 7.05 Å². The quantitative estimate of drug-likeness (QED) is 0.646. The molecule has 5 nitrogen and oxygen atoms in total. The van der Waals surface area contributed by atoms with Gasteiger partial charge in [-0.3, -0.25) is 0 Å². The average molecular weight is 240 g/mol. The van der Waals surface area contributed by atoms with Crippen molar-refractivity contribution in [3.05, 3.63) is 52.6 Å². The van der Waals surface area contributed by atoms with Crippen LogP contribution >= 0.6 is 0 Å². The summed E-state index contributed by atoms with van der Waals surface area (Å²) in [7, 11) is 1.64. The van der Waals surface area contributed by atoms with Crippen molar-refractivity contribution in [1.82, 2.24) is 19.2 Å². The maximum Gasteiger partial charge on any atom is 0.351 e. The fourth-order valence-electron chi connectivity index (χ4n) is 1.99. The third-order valence-corrected chi connectivity index (χ3v) is 2.81. The van der Waals surface area contributed by atoms with Crippen molar-refractivity contribution >= 4 is 5.65 Å². The van der Waals surface area contributed by atoms with Crippen LogP contribution in [0.25, 0.3) is 17.0 Å². The highest BCUT2D eigenvalue weighted by Gasteiger charge is 2.12. The van der Waals surface area contributed by atoms with Crippen molar-refractivity contribution in [2.24, 2.45) is 7.05 Å². The zero-order valence-corrected chi connectivity index (χ0v) is 10.2. The fourth-order valence-corrected chi connectivity index (χ4v) is 1.99. The lowest BCUT2D eigenvalue weighted by Gasteiger charge is -2.04. The van der Waals surface area contributed by atoms with Crippen LogP contribution in [0.3, 0.4) is 0 Å². The highest BCUT2D eigenvalue weighted by atomic mass is 16.2. The van der Waals surface area contributed by atoms with Crippen molar-refractivity contribution in [1.29, 1.82) is 0 Å². The van der Waals surface area contributed by atoms with Gasteiger partial charge in [-0.2, -0.15) is 5.10 Å². The van der Waals surface area contributed by atoms with Crippen LogP contribution in [0.15, 0.2) is 41.2 Å². The van der Waals surface area contributed by atoms with Gasteiger partial charge in [-0.15, -0.1) is 0 Å². The molecule has 0 unspecified atom stereocenters. The van der Waals surface area contributed by atoms with Gasteiger partial charge in [-0.1, -0.05) is 30.3 Å². The van der Waals surface area contributed by atoms with Gasteiger partial charge in [0.15, 0.2) is 5.65 Å². The van der Waals surface area contributed by atoms with E-state index >= 15 is 0 Å². The van der Waals surface area contributed by atoms with Crippen molar-refractivity contribution in [3.63, 3.8) is 0 Å². The minimum absolute atomic E-state index is 0.184. The molecule has 0 fully saturated rings. The predicted molar refractivity (Wildman–Crippen MR) is 68.4 cm³/mol. The van der Waals surface area contributed by atoms with Crippen LogP contribution in [0.2, 0.25) is 0 Å². The van der Waals surface area contributed by atoms with Gasteiger partial charge in [0.2, 0.25) is 0 Å². The summed E-state index contributed by atoms with van der Waals surface area (Å²) in [5.74, 6) is 0.628. The Labute approximate surface area is 103 Å². The summed E-state index contributed by atoms with van der Waals surface area (Å²) < 4.78 is 2.85. The van der Waals surface area contributed by atoms with Gasteiger partial charge in [0.25, 0.3) is 0 Å². The number of aryl methyl sites for hydroxylation is 2. The van der Waals surface area contributed by atoms with Crippen LogP contribution in [0.5, 0.6) is 0 Å². The number of hydrogen-bond donors (Lipinski definition) is 0. The number of hydrogen-bond acceptors (Lipinski definition) is 3. The van der Waals surface area contributed by atoms with Crippen LogP contribution in [0, 0.1) is 6.92 Å². The third kappa shape index (κ3) is 1.52. The molecule has 0 bridgehead atoms. The molecule has 0 N–H and O–H groups in total. The van der Waals surface area contributed by atoms with Gasteiger partial charge in [0.1, 0.15) is 5.82 Å². The maximum absolute atomic E-state index is 12.1. The standard InChI is InChI=1S/C13H12N4O/c1-9-8-11-15-16(2)13(18)17(11)12(14-9)10-6-4-3-5-7-10/h3-8H,1-2H3. The SMILES string of the molecule is Cc1cc2nn(C)c(=O)n2c(-c2ccccc2)n1. The van der Waals surface area contributed by atoms with Crippen molar-refractivity contribution in [2.45, 2.75) is 6.92 Å². The van der Waals surface area contributed by atoms with E-state index < -0.39 is 0 Å². The highest BCUT2D eigenvalue weighted by molar-refractivity contribution is 5.59. The molecule has 0 aliphatic rings. The van der Waals surface area contributed by atoms with Gasteiger partial charge in [-0.25, -0.2) is 18.9 Å². The van der Waals surface area contributed by atoms with Gasteiger partial charge in [-0.05, 0) is 6.92 Å². The van der Waals surface area contributed by atoms with E-state index in [-0.39, 0.29) is 5.69 Å². The lowest BCUT2D eigenvalue weighted by molar-refractivity contribution is 0.732. The summed E-state index contributed by atoms with van der Waals surface area (Å²) in [5, 5.41) is 4.19. The first-order chi connectivity index (χ1) is 8.66. The van der Waals surface area contributed by atoms with E-state index in [4.69, 9.17) is 0 Å². The average Bonchev–Trinajstić information content (AvgIpc) is 2.65. The molecule has 1 aromatic carbocycles. The Hall–Kier alpha value is -2.43. The first kappa shape index (κ1) is 10.7. The molecule has 18 heavy (non-hydrogen) atoms. The lowest BCUT2D eigenvalue weighted by Crippen LogP contribution is -2.19. The monoisotopic (exact) mass is 240 g/mol. The first-order valence-electron chi connectivity index (χ1n) is 5.65. The fraction of sp³-hybridized carbons (Fsp3) is 0.154. The van der Waals surface area contributed by atoms with E-state index in [1.165, 1.54) is 9.08 Å². The molecule has 0 atom stereocenters. The third-order valence-electron chi connectivity index (χ3n) is 2.81. The molecule has 90 valence electrons. The van der Waals surface area contributed by atoms with Gasteiger partial charge in [0, 0.05) is 24.4 Å². The Balaban J connectivity index is 2.45. The van der Waals surface area contributed by atoms with E-state index in [2.05, 4.69) is 10.1 Å². The molecular formula is C13H12N4O. The van der Waals surface area contributed by atoms with Gasteiger partial charge >= 0.3 is 5.69 Å². The summed E-state index contributed by atoms with van der Waals surface area (Å²) in [6, 6.07) is 11.4. The zero-order valence-electron chi connectivity index (χ0n) is 10.2. The van der Waals surface area contributed by atoms with E-state index in [9.17, 15) is 4.79 Å². The molecule has 0 amide bonds. The van der Waals surface area contributed by atoms with Crippen LogP contribution < -0.4 is 5.69 Å². The topological polar surface area (TPSA) is 52.2 Å². The highest BCUT2D eigenvalue weighted by Crippen LogP contribution is 2.17. The smallest absolute Gasteiger partial charge is 0.246 e. The molecule has 2 aromatic heterocycles. The molecule has 5 heteroatoms. The lowest BCUT2D eigenvalue weighted by atomic mass is 10.2.